The molecule has 0 N–H and O–H groups in total. The first-order valence-corrected chi connectivity index (χ1v) is 5.98. The molecule has 0 saturated heterocycles. The molecule has 0 aromatic heterocycles. The molecule has 0 aliphatic heterocycles. The molecular weight excluding hydrogens is 224 g/mol. The van der Waals surface area contributed by atoms with Crippen LogP contribution in [0.3, 0.4) is 0 Å². The lowest BCUT2D eigenvalue weighted by Gasteiger charge is -2.24. The van der Waals surface area contributed by atoms with Crippen LogP contribution < -0.4 is 0 Å². The molecule has 0 amide bonds. The molecule has 0 saturated carbocycles. The smallest absolute Gasteiger partial charge is 0.294 e. The number of nitrogens with zero attached hydrogens (tertiary/aromatic N) is 2. The molecule has 0 bridgehead atoms. The highest BCUT2D eigenvalue weighted by Crippen LogP contribution is 2.06. The maximum absolute atomic E-state index is 10.0. The fourth-order valence-electron chi connectivity index (χ4n) is 1.38. The van der Waals surface area contributed by atoms with Gasteiger partial charge in [0.15, 0.2) is 0 Å². The Labute approximate surface area is 103 Å². The molecule has 0 unspecified atom stereocenters. The first kappa shape index (κ1) is 16.1. The highest BCUT2D eigenvalue weighted by atomic mass is 16.9. The minimum atomic E-state index is -0.754. The molecule has 0 aliphatic carbocycles. The van der Waals surface area contributed by atoms with Gasteiger partial charge in [0.2, 0.25) is 0 Å². The van der Waals surface area contributed by atoms with Crippen molar-refractivity contribution in [1.29, 1.82) is 0 Å². The Bertz CT molecular complexity index is 216. The van der Waals surface area contributed by atoms with Crippen molar-refractivity contribution in [3.63, 3.8) is 0 Å². The van der Waals surface area contributed by atoms with E-state index in [0.717, 1.165) is 19.5 Å². The van der Waals surface area contributed by atoms with Crippen LogP contribution in [-0.2, 0) is 9.57 Å². The van der Waals surface area contributed by atoms with Gasteiger partial charge in [-0.05, 0) is 33.7 Å². The van der Waals surface area contributed by atoms with Gasteiger partial charge in [-0.25, -0.2) is 0 Å². The molecule has 0 aromatic rings. The van der Waals surface area contributed by atoms with Crippen molar-refractivity contribution >= 4 is 0 Å². The Kier molecular flexibility index (Phi) is 7.82. The van der Waals surface area contributed by atoms with Gasteiger partial charge in [-0.2, -0.15) is 0 Å². The summed E-state index contributed by atoms with van der Waals surface area (Å²) in [5.74, 6) is 0. The van der Waals surface area contributed by atoms with Crippen LogP contribution >= 0.6 is 0 Å². The van der Waals surface area contributed by atoms with E-state index in [1.165, 1.54) is 0 Å². The van der Waals surface area contributed by atoms with E-state index in [4.69, 9.17) is 4.74 Å². The zero-order chi connectivity index (χ0) is 13.3. The Morgan fingerprint density at radius 1 is 1.18 bits per heavy atom. The highest BCUT2D eigenvalue weighted by Gasteiger charge is 2.11. The van der Waals surface area contributed by atoms with Crippen LogP contribution in [0.4, 0.5) is 0 Å². The standard InChI is InChI=1S/C11H24N2O4/c1-5-6-12(8-10-17-13(14)15)7-9-16-11(2,3)4/h5-10H2,1-4H3. The third-order valence-corrected chi connectivity index (χ3v) is 2.09. The molecule has 0 spiro atoms. The fraction of sp³-hybridized carbons (Fsp3) is 1.00. The topological polar surface area (TPSA) is 64.8 Å². The molecule has 0 fully saturated rings. The quantitative estimate of drug-likeness (QED) is 0.459. The van der Waals surface area contributed by atoms with Crippen molar-refractivity contribution in [2.75, 3.05) is 32.8 Å². The maximum Gasteiger partial charge on any atom is 0.294 e. The summed E-state index contributed by atoms with van der Waals surface area (Å²) in [7, 11) is 0. The predicted molar refractivity (Wildman–Crippen MR) is 65.4 cm³/mol. The zero-order valence-electron chi connectivity index (χ0n) is 11.3. The Morgan fingerprint density at radius 3 is 2.24 bits per heavy atom. The monoisotopic (exact) mass is 248 g/mol. The predicted octanol–water partition coefficient (Wildman–Crippen LogP) is 1.72. The maximum atomic E-state index is 10.0. The van der Waals surface area contributed by atoms with E-state index in [2.05, 4.69) is 16.7 Å². The Morgan fingerprint density at radius 2 is 1.76 bits per heavy atom. The second kappa shape index (κ2) is 8.25. The Balaban J connectivity index is 3.77. The number of rotatable bonds is 9. The molecule has 0 aromatic carbocycles. The van der Waals surface area contributed by atoms with E-state index in [0.29, 0.717) is 13.2 Å². The normalized spacial score (nSPS) is 11.8. The number of hydrogen-bond donors (Lipinski definition) is 0. The summed E-state index contributed by atoms with van der Waals surface area (Å²) >= 11 is 0. The highest BCUT2D eigenvalue weighted by molar-refractivity contribution is 4.61. The van der Waals surface area contributed by atoms with Crippen LogP contribution in [0.2, 0.25) is 0 Å². The molecular formula is C11H24N2O4. The van der Waals surface area contributed by atoms with Crippen molar-refractivity contribution in [3.8, 4) is 0 Å². The lowest BCUT2D eigenvalue weighted by atomic mass is 10.2. The van der Waals surface area contributed by atoms with Gasteiger partial charge in [0, 0.05) is 13.1 Å². The van der Waals surface area contributed by atoms with Gasteiger partial charge >= 0.3 is 0 Å². The van der Waals surface area contributed by atoms with E-state index in [-0.39, 0.29) is 12.2 Å². The summed E-state index contributed by atoms with van der Waals surface area (Å²) in [6.07, 6.45) is 1.01. The van der Waals surface area contributed by atoms with E-state index in [1.807, 2.05) is 20.8 Å². The van der Waals surface area contributed by atoms with Crippen molar-refractivity contribution in [1.82, 2.24) is 4.90 Å². The van der Waals surface area contributed by atoms with Gasteiger partial charge in [0.25, 0.3) is 5.09 Å². The van der Waals surface area contributed by atoms with Gasteiger partial charge in [0.05, 0.1) is 12.2 Å². The Hall–Kier alpha value is -0.880. The van der Waals surface area contributed by atoms with Crippen LogP contribution in [0.25, 0.3) is 0 Å². The molecule has 0 rings (SSSR count). The molecule has 6 nitrogen and oxygen atoms in total. The van der Waals surface area contributed by atoms with Crippen LogP contribution in [0.15, 0.2) is 0 Å². The molecule has 0 radical (unpaired) electrons. The van der Waals surface area contributed by atoms with Crippen LogP contribution in [0.5, 0.6) is 0 Å². The minimum absolute atomic E-state index is 0.114. The summed E-state index contributed by atoms with van der Waals surface area (Å²) in [5, 5.41) is 9.27. The molecule has 102 valence electrons. The van der Waals surface area contributed by atoms with Crippen molar-refractivity contribution in [2.24, 2.45) is 0 Å². The van der Waals surface area contributed by atoms with E-state index in [1.54, 1.807) is 0 Å². The third kappa shape index (κ3) is 11.4. The number of hydrogen-bond acceptors (Lipinski definition) is 5. The SMILES string of the molecule is CCCN(CCO[N+](=O)[O-])CCOC(C)(C)C. The first-order valence-electron chi connectivity index (χ1n) is 5.98. The van der Waals surface area contributed by atoms with Crippen LogP contribution in [0.1, 0.15) is 34.1 Å². The molecule has 0 aliphatic rings. The molecule has 6 heteroatoms. The molecule has 0 heterocycles. The van der Waals surface area contributed by atoms with Gasteiger partial charge in [-0.15, -0.1) is 10.1 Å². The van der Waals surface area contributed by atoms with Crippen molar-refractivity contribution in [3.05, 3.63) is 10.1 Å². The second-order valence-corrected chi connectivity index (χ2v) is 4.86. The van der Waals surface area contributed by atoms with Gasteiger partial charge in [-0.1, -0.05) is 6.92 Å². The fourth-order valence-corrected chi connectivity index (χ4v) is 1.38. The van der Waals surface area contributed by atoms with Gasteiger partial charge < -0.3 is 9.57 Å². The van der Waals surface area contributed by atoms with Crippen molar-refractivity contribution < 1.29 is 14.7 Å². The zero-order valence-corrected chi connectivity index (χ0v) is 11.3. The number of ether oxygens (including phenoxy) is 1. The second-order valence-electron chi connectivity index (χ2n) is 4.86. The minimum Gasteiger partial charge on any atom is -0.375 e. The van der Waals surface area contributed by atoms with E-state index >= 15 is 0 Å². The lowest BCUT2D eigenvalue weighted by molar-refractivity contribution is -0.757. The summed E-state index contributed by atoms with van der Waals surface area (Å²) < 4.78 is 5.62. The summed E-state index contributed by atoms with van der Waals surface area (Å²) in [4.78, 5) is 16.4. The average Bonchev–Trinajstić information content (AvgIpc) is 2.15. The van der Waals surface area contributed by atoms with Gasteiger partial charge in [-0.3, -0.25) is 4.90 Å². The molecule has 17 heavy (non-hydrogen) atoms. The summed E-state index contributed by atoms with van der Waals surface area (Å²) in [5.41, 5.74) is -0.144. The molecule has 0 atom stereocenters. The summed E-state index contributed by atoms with van der Waals surface area (Å²) in [6.45, 7) is 11.1. The largest absolute Gasteiger partial charge is 0.375 e. The third-order valence-electron chi connectivity index (χ3n) is 2.09. The lowest BCUT2D eigenvalue weighted by Crippen LogP contribution is -2.34. The van der Waals surface area contributed by atoms with Gasteiger partial charge in [0.1, 0.15) is 6.61 Å². The van der Waals surface area contributed by atoms with Crippen molar-refractivity contribution in [2.45, 2.75) is 39.7 Å². The van der Waals surface area contributed by atoms with E-state index < -0.39 is 5.09 Å². The van der Waals surface area contributed by atoms with E-state index in [9.17, 15) is 10.1 Å². The average molecular weight is 248 g/mol. The summed E-state index contributed by atoms with van der Waals surface area (Å²) in [6, 6.07) is 0. The first-order chi connectivity index (χ1) is 7.85. The van der Waals surface area contributed by atoms with Crippen LogP contribution in [-0.4, -0.2) is 48.4 Å². The van der Waals surface area contributed by atoms with Crippen LogP contribution in [0, 0.1) is 10.1 Å².